The van der Waals surface area contributed by atoms with E-state index in [0.29, 0.717) is 23.0 Å². The van der Waals surface area contributed by atoms with E-state index in [-0.39, 0.29) is 37.4 Å². The normalized spacial score (nSPS) is 14.2. The first-order valence-corrected chi connectivity index (χ1v) is 7.52. The molecule has 2 rings (SSSR count). The van der Waals surface area contributed by atoms with E-state index in [2.05, 4.69) is 10.6 Å². The van der Waals surface area contributed by atoms with Gasteiger partial charge in [0.1, 0.15) is 0 Å². The van der Waals surface area contributed by atoms with Gasteiger partial charge in [-0.3, -0.25) is 14.5 Å². The highest BCUT2D eigenvalue weighted by Gasteiger charge is 2.27. The van der Waals surface area contributed by atoms with Crippen LogP contribution in [0.5, 0.6) is 0 Å². The maximum atomic E-state index is 11.8. The molecule has 118 valence electrons. The summed E-state index contributed by atoms with van der Waals surface area (Å²) in [5.74, 6) is -0.400. The van der Waals surface area contributed by atoms with Gasteiger partial charge >= 0.3 is 6.03 Å². The van der Waals surface area contributed by atoms with E-state index in [1.807, 2.05) is 0 Å². The molecule has 6 nitrogen and oxygen atoms in total. The minimum atomic E-state index is -0.382. The highest BCUT2D eigenvalue weighted by molar-refractivity contribution is 6.42. The van der Waals surface area contributed by atoms with Crippen LogP contribution in [0.2, 0.25) is 10.0 Å². The van der Waals surface area contributed by atoms with Crippen molar-refractivity contribution in [3.05, 3.63) is 33.8 Å². The van der Waals surface area contributed by atoms with E-state index in [0.717, 1.165) is 10.5 Å². The molecule has 1 fully saturated rings. The SMILES string of the molecule is O=C(Cc1ccc(Cl)c(Cl)c1)NCCCN1C(=O)CNC1=O. The summed E-state index contributed by atoms with van der Waals surface area (Å²) >= 11 is 11.7. The van der Waals surface area contributed by atoms with E-state index in [1.165, 1.54) is 0 Å². The van der Waals surface area contributed by atoms with Crippen LogP contribution < -0.4 is 10.6 Å². The predicted molar refractivity (Wildman–Crippen MR) is 82.9 cm³/mol. The van der Waals surface area contributed by atoms with Gasteiger partial charge in [0, 0.05) is 13.1 Å². The molecule has 1 aromatic rings. The highest BCUT2D eigenvalue weighted by Crippen LogP contribution is 2.22. The third-order valence-electron chi connectivity index (χ3n) is 3.17. The maximum Gasteiger partial charge on any atom is 0.324 e. The first kappa shape index (κ1) is 16.6. The van der Waals surface area contributed by atoms with Crippen LogP contribution in [0.25, 0.3) is 0 Å². The largest absolute Gasteiger partial charge is 0.356 e. The molecule has 8 heteroatoms. The predicted octanol–water partition coefficient (Wildman–Crippen LogP) is 1.59. The molecular weight excluding hydrogens is 329 g/mol. The van der Waals surface area contributed by atoms with E-state index in [9.17, 15) is 14.4 Å². The van der Waals surface area contributed by atoms with Crippen LogP contribution in [0.1, 0.15) is 12.0 Å². The molecule has 0 atom stereocenters. The number of carbonyl (C=O) groups excluding carboxylic acids is 3. The number of amides is 4. The summed E-state index contributed by atoms with van der Waals surface area (Å²) in [6.45, 7) is 0.720. The molecule has 0 spiro atoms. The summed E-state index contributed by atoms with van der Waals surface area (Å²) < 4.78 is 0. The zero-order chi connectivity index (χ0) is 16.1. The lowest BCUT2D eigenvalue weighted by atomic mass is 10.1. The Kier molecular flexibility index (Phi) is 5.63. The second-order valence-electron chi connectivity index (χ2n) is 4.83. The Hall–Kier alpha value is -1.79. The molecule has 0 bridgehead atoms. The molecule has 0 aromatic heterocycles. The first-order valence-electron chi connectivity index (χ1n) is 6.76. The van der Waals surface area contributed by atoms with Crippen LogP contribution in [0.3, 0.4) is 0 Å². The van der Waals surface area contributed by atoms with Gasteiger partial charge in [-0.2, -0.15) is 0 Å². The number of nitrogens with zero attached hydrogens (tertiary/aromatic N) is 1. The third kappa shape index (κ3) is 4.35. The summed E-state index contributed by atoms with van der Waals surface area (Å²) in [7, 11) is 0. The fourth-order valence-electron chi connectivity index (χ4n) is 2.04. The molecule has 22 heavy (non-hydrogen) atoms. The average Bonchev–Trinajstić information content (AvgIpc) is 2.79. The van der Waals surface area contributed by atoms with Gasteiger partial charge in [-0.25, -0.2) is 4.79 Å². The highest BCUT2D eigenvalue weighted by atomic mass is 35.5. The fourth-order valence-corrected chi connectivity index (χ4v) is 2.36. The molecule has 0 radical (unpaired) electrons. The molecule has 2 N–H and O–H groups in total. The van der Waals surface area contributed by atoms with Crippen LogP contribution in [-0.4, -0.2) is 42.4 Å². The molecule has 1 aromatic carbocycles. The van der Waals surface area contributed by atoms with Crippen molar-refractivity contribution in [1.82, 2.24) is 15.5 Å². The van der Waals surface area contributed by atoms with E-state index in [1.54, 1.807) is 18.2 Å². The Morgan fingerprint density at radius 2 is 2.05 bits per heavy atom. The topological polar surface area (TPSA) is 78.5 Å². The Morgan fingerprint density at radius 1 is 1.27 bits per heavy atom. The van der Waals surface area contributed by atoms with Crippen molar-refractivity contribution in [3.8, 4) is 0 Å². The van der Waals surface area contributed by atoms with Gasteiger partial charge in [0.05, 0.1) is 23.0 Å². The minimum Gasteiger partial charge on any atom is -0.356 e. The number of nitrogens with one attached hydrogen (secondary N) is 2. The number of hydrogen-bond acceptors (Lipinski definition) is 3. The van der Waals surface area contributed by atoms with Gasteiger partial charge in [0.2, 0.25) is 11.8 Å². The van der Waals surface area contributed by atoms with Gasteiger partial charge in [0.25, 0.3) is 0 Å². The van der Waals surface area contributed by atoms with Gasteiger partial charge in [-0.1, -0.05) is 29.3 Å². The van der Waals surface area contributed by atoms with Gasteiger partial charge < -0.3 is 10.6 Å². The maximum absolute atomic E-state index is 11.8. The Balaban J connectivity index is 1.70. The standard InChI is InChI=1S/C14H15Cl2N3O3/c15-10-3-2-9(6-11(10)16)7-12(20)17-4-1-5-19-13(21)8-18-14(19)22/h2-3,6H,1,4-5,7-8H2,(H,17,20)(H,18,22). The van der Waals surface area contributed by atoms with Crippen molar-refractivity contribution in [2.75, 3.05) is 19.6 Å². The number of rotatable bonds is 6. The Labute approximate surface area is 137 Å². The van der Waals surface area contributed by atoms with Crippen molar-refractivity contribution >= 4 is 41.0 Å². The lowest BCUT2D eigenvalue weighted by Gasteiger charge is -2.12. The van der Waals surface area contributed by atoms with Crippen molar-refractivity contribution in [2.45, 2.75) is 12.8 Å². The lowest BCUT2D eigenvalue weighted by Crippen LogP contribution is -2.34. The summed E-state index contributed by atoms with van der Waals surface area (Å²) in [6.07, 6.45) is 0.701. The smallest absolute Gasteiger partial charge is 0.324 e. The van der Waals surface area contributed by atoms with Crippen molar-refractivity contribution in [3.63, 3.8) is 0 Å². The van der Waals surface area contributed by atoms with Crippen molar-refractivity contribution in [2.24, 2.45) is 0 Å². The molecule has 1 aliphatic heterocycles. The molecule has 0 aliphatic carbocycles. The molecule has 4 amide bonds. The second kappa shape index (κ2) is 7.47. The lowest BCUT2D eigenvalue weighted by molar-refractivity contribution is -0.125. The van der Waals surface area contributed by atoms with E-state index < -0.39 is 0 Å². The minimum absolute atomic E-state index is 0.0442. The number of halogens is 2. The summed E-state index contributed by atoms with van der Waals surface area (Å²) in [5, 5.41) is 6.02. The first-order chi connectivity index (χ1) is 10.5. The third-order valence-corrected chi connectivity index (χ3v) is 3.91. The number of imide groups is 1. The molecule has 1 heterocycles. The van der Waals surface area contributed by atoms with Gasteiger partial charge in [0.15, 0.2) is 0 Å². The Bertz CT molecular complexity index is 591. The van der Waals surface area contributed by atoms with Crippen molar-refractivity contribution in [1.29, 1.82) is 0 Å². The molecule has 1 saturated heterocycles. The van der Waals surface area contributed by atoms with Crippen LogP contribution in [0.4, 0.5) is 4.79 Å². The van der Waals surface area contributed by atoms with Crippen LogP contribution in [0.15, 0.2) is 18.2 Å². The van der Waals surface area contributed by atoms with E-state index in [4.69, 9.17) is 23.2 Å². The Morgan fingerprint density at radius 3 is 2.68 bits per heavy atom. The van der Waals surface area contributed by atoms with Crippen LogP contribution in [0, 0.1) is 0 Å². The number of carbonyl (C=O) groups is 3. The quantitative estimate of drug-likeness (QED) is 0.608. The zero-order valence-electron chi connectivity index (χ0n) is 11.7. The second-order valence-corrected chi connectivity index (χ2v) is 5.65. The summed E-state index contributed by atoms with van der Waals surface area (Å²) in [6, 6.07) is 4.65. The molecule has 1 aliphatic rings. The van der Waals surface area contributed by atoms with Crippen LogP contribution in [-0.2, 0) is 16.0 Å². The molecule has 0 unspecified atom stereocenters. The number of benzene rings is 1. The molecular formula is C14H15Cl2N3O3. The molecule has 0 saturated carbocycles. The van der Waals surface area contributed by atoms with Gasteiger partial charge in [-0.05, 0) is 24.1 Å². The average molecular weight is 344 g/mol. The van der Waals surface area contributed by atoms with E-state index >= 15 is 0 Å². The zero-order valence-corrected chi connectivity index (χ0v) is 13.2. The van der Waals surface area contributed by atoms with Crippen molar-refractivity contribution < 1.29 is 14.4 Å². The van der Waals surface area contributed by atoms with Gasteiger partial charge in [-0.15, -0.1) is 0 Å². The number of urea groups is 1. The summed E-state index contributed by atoms with van der Waals surface area (Å²) in [4.78, 5) is 35.6. The summed E-state index contributed by atoms with van der Waals surface area (Å²) in [5.41, 5.74) is 0.765. The monoisotopic (exact) mass is 343 g/mol. The number of hydrogen-bond donors (Lipinski definition) is 2. The fraction of sp³-hybridized carbons (Fsp3) is 0.357. The van der Waals surface area contributed by atoms with Crippen LogP contribution >= 0.6 is 23.2 Å².